The van der Waals surface area contributed by atoms with Crippen molar-refractivity contribution >= 4 is 39.2 Å². The van der Waals surface area contributed by atoms with Crippen LogP contribution in [-0.2, 0) is 32.6 Å². The predicted octanol–water partition coefficient (Wildman–Crippen LogP) is 4.18. The molecule has 0 fully saturated rings. The van der Waals surface area contributed by atoms with Crippen molar-refractivity contribution in [2.75, 3.05) is 24.9 Å². The number of esters is 1. The summed E-state index contributed by atoms with van der Waals surface area (Å²) in [5.41, 5.74) is 5.72. The SMILES string of the molecule is CCN(CC)[N+]([O-])=NOCOC(=O)c1ccc(CNS(=O)(=O)c2cc(C(=O)NN3c4ccccc4CC3C)ccc2Cl)cc1. The molecule has 1 aliphatic rings. The third kappa shape index (κ3) is 7.75. The summed E-state index contributed by atoms with van der Waals surface area (Å²) in [5.74, 6) is -1.20. The molecule has 1 heterocycles. The second-order valence-corrected chi connectivity index (χ2v) is 12.0. The van der Waals surface area contributed by atoms with Gasteiger partial charge >= 0.3 is 5.97 Å². The average Bonchev–Trinajstić information content (AvgIpc) is 3.33. The van der Waals surface area contributed by atoms with Crippen molar-refractivity contribution < 1.29 is 32.6 Å². The van der Waals surface area contributed by atoms with Crippen LogP contribution in [0.4, 0.5) is 5.69 Å². The zero-order valence-electron chi connectivity index (χ0n) is 24.4. The van der Waals surface area contributed by atoms with Crippen molar-refractivity contribution in [2.45, 2.75) is 44.7 Å². The van der Waals surface area contributed by atoms with Gasteiger partial charge in [0.15, 0.2) is 0 Å². The molecule has 2 N–H and O–H groups in total. The van der Waals surface area contributed by atoms with Crippen molar-refractivity contribution in [1.82, 2.24) is 15.2 Å². The summed E-state index contributed by atoms with van der Waals surface area (Å²) in [6.45, 7) is 5.73. The Bertz CT molecular complexity index is 1630. The Kier molecular flexibility index (Phi) is 10.6. The van der Waals surface area contributed by atoms with E-state index in [0.29, 0.717) is 18.7 Å². The number of halogens is 1. The second-order valence-electron chi connectivity index (χ2n) is 9.81. The molecular weight excluding hydrogens is 612 g/mol. The molecule has 1 aliphatic heterocycles. The molecular formula is C29H33ClN6O7S. The van der Waals surface area contributed by atoms with E-state index in [1.54, 1.807) is 31.0 Å². The molecule has 13 nitrogen and oxygen atoms in total. The summed E-state index contributed by atoms with van der Waals surface area (Å²) in [6, 6.07) is 17.8. The molecule has 0 aromatic heterocycles. The van der Waals surface area contributed by atoms with E-state index in [2.05, 4.69) is 15.4 Å². The molecule has 44 heavy (non-hydrogen) atoms. The van der Waals surface area contributed by atoms with Gasteiger partial charge in [-0.1, -0.05) is 41.9 Å². The van der Waals surface area contributed by atoms with Gasteiger partial charge in [0.05, 0.1) is 40.4 Å². The number of amides is 1. The van der Waals surface area contributed by atoms with E-state index in [0.717, 1.165) is 17.7 Å². The highest BCUT2D eigenvalue weighted by molar-refractivity contribution is 7.89. The maximum Gasteiger partial charge on any atom is 0.341 e. The molecule has 0 radical (unpaired) electrons. The van der Waals surface area contributed by atoms with Crippen LogP contribution in [0.3, 0.4) is 0 Å². The minimum Gasteiger partial charge on any atom is -0.569 e. The van der Waals surface area contributed by atoms with Crippen molar-refractivity contribution in [3.8, 4) is 0 Å². The molecule has 0 saturated heterocycles. The average molecular weight is 645 g/mol. The standard InChI is InChI=1S/C29H33ClN6O7S/c1-4-34(5-2)36(39)33-43-19-42-29(38)22-12-10-21(11-13-22)18-31-44(40,41)27-17-24(14-15-25(27)30)28(37)32-35-20(3)16-23-8-6-7-9-26(23)35/h6-15,17,20,31H,4-5,16,18-19H2,1-3H3,(H,32,37). The van der Waals surface area contributed by atoms with Crippen LogP contribution in [-0.4, -0.2) is 56.2 Å². The molecule has 1 unspecified atom stereocenters. The monoisotopic (exact) mass is 644 g/mol. The molecule has 1 amide bonds. The Morgan fingerprint density at radius 2 is 1.77 bits per heavy atom. The van der Waals surface area contributed by atoms with Crippen molar-refractivity contribution in [1.29, 1.82) is 0 Å². The van der Waals surface area contributed by atoms with Crippen LogP contribution in [0.2, 0.25) is 5.02 Å². The number of nitrogens with zero attached hydrogens (tertiary/aromatic N) is 4. The van der Waals surface area contributed by atoms with Gasteiger partial charge in [-0.25, -0.2) is 17.9 Å². The van der Waals surface area contributed by atoms with Crippen LogP contribution in [0, 0.1) is 5.21 Å². The molecule has 0 spiro atoms. The lowest BCUT2D eigenvalue weighted by Crippen LogP contribution is -2.45. The summed E-state index contributed by atoms with van der Waals surface area (Å²) in [6.07, 6.45) is 0.770. The summed E-state index contributed by atoms with van der Waals surface area (Å²) in [7, 11) is -4.12. The van der Waals surface area contributed by atoms with E-state index in [9.17, 15) is 23.2 Å². The van der Waals surface area contributed by atoms with E-state index in [1.807, 2.05) is 31.2 Å². The molecule has 0 saturated carbocycles. The Balaban J connectivity index is 1.34. The topological polar surface area (TPSA) is 156 Å². The molecule has 0 bridgehead atoms. The van der Waals surface area contributed by atoms with Gasteiger partial charge in [0.1, 0.15) is 4.90 Å². The van der Waals surface area contributed by atoms with Gasteiger partial charge in [0.25, 0.3) is 12.7 Å². The van der Waals surface area contributed by atoms with Gasteiger partial charge in [-0.15, -0.1) is 5.01 Å². The van der Waals surface area contributed by atoms with Crippen LogP contribution in [0.15, 0.2) is 76.9 Å². The van der Waals surface area contributed by atoms with Gasteiger partial charge in [-0.3, -0.25) is 15.2 Å². The highest BCUT2D eigenvalue weighted by Crippen LogP contribution is 2.30. The van der Waals surface area contributed by atoms with Gasteiger partial charge in [0, 0.05) is 12.1 Å². The van der Waals surface area contributed by atoms with E-state index in [-0.39, 0.29) is 38.6 Å². The number of hydrazine groups is 2. The van der Waals surface area contributed by atoms with Crippen molar-refractivity contribution in [3.05, 3.63) is 99.2 Å². The number of anilines is 1. The minimum absolute atomic E-state index is 0.0259. The Morgan fingerprint density at radius 1 is 1.09 bits per heavy atom. The van der Waals surface area contributed by atoms with E-state index in [4.69, 9.17) is 21.2 Å². The lowest BCUT2D eigenvalue weighted by molar-refractivity contribution is -0.710. The fourth-order valence-electron chi connectivity index (χ4n) is 4.53. The molecule has 1 atom stereocenters. The first-order valence-electron chi connectivity index (χ1n) is 13.8. The van der Waals surface area contributed by atoms with Crippen molar-refractivity contribution in [3.63, 3.8) is 0 Å². The van der Waals surface area contributed by atoms with Gasteiger partial charge in [-0.2, -0.15) is 0 Å². The fraction of sp³-hybridized carbons (Fsp3) is 0.310. The fourth-order valence-corrected chi connectivity index (χ4v) is 6.07. The van der Waals surface area contributed by atoms with Crippen molar-refractivity contribution in [2.24, 2.45) is 5.28 Å². The zero-order chi connectivity index (χ0) is 31.9. The number of nitrogens with one attached hydrogen (secondary N) is 2. The van der Waals surface area contributed by atoms with Crippen LogP contribution in [0.25, 0.3) is 0 Å². The first-order chi connectivity index (χ1) is 21.0. The smallest absolute Gasteiger partial charge is 0.341 e. The summed E-state index contributed by atoms with van der Waals surface area (Å²) in [4.78, 5) is 30.1. The quantitative estimate of drug-likeness (QED) is 0.0696. The number of sulfonamides is 1. The van der Waals surface area contributed by atoms with Crippen LogP contribution >= 0.6 is 11.6 Å². The molecule has 234 valence electrons. The van der Waals surface area contributed by atoms with E-state index < -0.39 is 28.7 Å². The maximum atomic E-state index is 13.1. The lowest BCUT2D eigenvalue weighted by atomic mass is 10.1. The molecule has 4 rings (SSSR count). The Labute approximate surface area is 260 Å². The lowest BCUT2D eigenvalue weighted by Gasteiger charge is -2.25. The highest BCUT2D eigenvalue weighted by atomic mass is 35.5. The molecule has 0 aliphatic carbocycles. The summed E-state index contributed by atoms with van der Waals surface area (Å²) >= 11 is 6.23. The number of carbonyl (C=O) groups excluding carboxylic acids is 2. The molecule has 3 aromatic rings. The third-order valence-electron chi connectivity index (χ3n) is 6.91. The highest BCUT2D eigenvalue weighted by Gasteiger charge is 2.28. The van der Waals surface area contributed by atoms with Crippen LogP contribution < -0.4 is 15.2 Å². The first kappa shape index (κ1) is 32.5. The Morgan fingerprint density at radius 3 is 2.48 bits per heavy atom. The predicted molar refractivity (Wildman–Crippen MR) is 162 cm³/mol. The number of rotatable bonds is 13. The van der Waals surface area contributed by atoms with Gasteiger partial charge in [-0.05, 0) is 74.7 Å². The summed E-state index contributed by atoms with van der Waals surface area (Å²) in [5, 5.41) is 18.1. The zero-order valence-corrected chi connectivity index (χ0v) is 26.0. The van der Waals surface area contributed by atoms with Crippen LogP contribution in [0.1, 0.15) is 52.6 Å². The number of benzene rings is 3. The number of hydrogen-bond donors (Lipinski definition) is 2. The summed E-state index contributed by atoms with van der Waals surface area (Å²) < 4.78 is 33.7. The number of hydrogen-bond acceptors (Lipinski definition) is 9. The number of para-hydroxylation sites is 1. The largest absolute Gasteiger partial charge is 0.569 e. The number of fused-ring (bicyclic) bond motifs is 1. The number of carbonyl (C=O) groups is 2. The Hall–Kier alpha value is -4.40. The van der Waals surface area contributed by atoms with E-state index in [1.165, 1.54) is 35.3 Å². The molecule has 3 aromatic carbocycles. The first-order valence-corrected chi connectivity index (χ1v) is 15.7. The van der Waals surface area contributed by atoms with Crippen LogP contribution in [0.5, 0.6) is 0 Å². The van der Waals surface area contributed by atoms with Gasteiger partial charge < -0.3 is 14.8 Å². The maximum absolute atomic E-state index is 13.1. The van der Waals surface area contributed by atoms with Gasteiger partial charge in [0.2, 0.25) is 15.3 Å². The second kappa shape index (κ2) is 14.4. The molecule has 15 heteroatoms. The minimum atomic E-state index is -4.12. The van der Waals surface area contributed by atoms with E-state index >= 15 is 0 Å². The number of ether oxygens (including phenoxy) is 1. The normalized spacial score (nSPS) is 14.6. The third-order valence-corrected chi connectivity index (χ3v) is 8.79.